The van der Waals surface area contributed by atoms with Gasteiger partial charge in [0.25, 0.3) is 5.91 Å². The zero-order chi connectivity index (χ0) is 17.6. The Bertz CT molecular complexity index is 860. The van der Waals surface area contributed by atoms with Crippen LogP contribution in [0.2, 0.25) is 0 Å². The summed E-state index contributed by atoms with van der Waals surface area (Å²) in [7, 11) is 0. The van der Waals surface area contributed by atoms with E-state index in [1.54, 1.807) is 12.1 Å². The molecule has 4 nitrogen and oxygen atoms in total. The molecule has 5 heteroatoms. The van der Waals surface area contributed by atoms with Crippen molar-refractivity contribution in [3.05, 3.63) is 70.5 Å². The highest BCUT2D eigenvalue weighted by molar-refractivity contribution is 6.04. The molecule has 4 rings (SSSR count). The first-order valence-corrected chi connectivity index (χ1v) is 8.39. The number of hydrogen-bond donors (Lipinski definition) is 0. The third-order valence-corrected chi connectivity index (χ3v) is 5.17. The van der Waals surface area contributed by atoms with Crippen LogP contribution >= 0.6 is 0 Å². The highest BCUT2D eigenvalue weighted by atomic mass is 19.1. The van der Waals surface area contributed by atoms with Crippen LogP contribution in [0.1, 0.15) is 27.0 Å². The van der Waals surface area contributed by atoms with Crippen LogP contribution in [0.15, 0.2) is 47.6 Å². The van der Waals surface area contributed by atoms with Crippen molar-refractivity contribution in [3.8, 4) is 0 Å². The van der Waals surface area contributed by atoms with Gasteiger partial charge in [-0.2, -0.15) is 0 Å². The minimum Gasteiger partial charge on any atom is -0.390 e. The van der Waals surface area contributed by atoms with Gasteiger partial charge in [0.15, 0.2) is 6.10 Å². The van der Waals surface area contributed by atoms with Crippen LogP contribution < -0.4 is 0 Å². The molecule has 0 aromatic heterocycles. The fourth-order valence-electron chi connectivity index (χ4n) is 3.54. The smallest absolute Gasteiger partial charge is 0.254 e. The first kappa shape index (κ1) is 15.8. The maximum Gasteiger partial charge on any atom is 0.254 e. The SMILES string of the molecule is Cc1cccc(C(=O)N2CC3ON=C(c4ccc(F)cc4)C3C2)c1C. The Hall–Kier alpha value is -2.69. The van der Waals surface area contributed by atoms with E-state index >= 15 is 0 Å². The quantitative estimate of drug-likeness (QED) is 0.843. The second-order valence-electron chi connectivity index (χ2n) is 6.69. The number of fused-ring (bicyclic) bond motifs is 1. The molecule has 0 bridgehead atoms. The fourth-order valence-corrected chi connectivity index (χ4v) is 3.54. The summed E-state index contributed by atoms with van der Waals surface area (Å²) in [4.78, 5) is 20.3. The Balaban J connectivity index is 1.55. The molecule has 128 valence electrons. The average molecular weight is 338 g/mol. The Labute approximate surface area is 145 Å². The number of carbonyl (C=O) groups excluding carboxylic acids is 1. The van der Waals surface area contributed by atoms with Gasteiger partial charge in [-0.1, -0.05) is 29.4 Å². The molecule has 2 aromatic carbocycles. The molecule has 1 saturated heterocycles. The van der Waals surface area contributed by atoms with Crippen molar-refractivity contribution in [2.45, 2.75) is 20.0 Å². The van der Waals surface area contributed by atoms with Gasteiger partial charge in [0.2, 0.25) is 0 Å². The number of aryl methyl sites for hydroxylation is 1. The summed E-state index contributed by atoms with van der Waals surface area (Å²) in [5.41, 5.74) is 4.49. The van der Waals surface area contributed by atoms with Gasteiger partial charge in [-0.15, -0.1) is 0 Å². The second kappa shape index (κ2) is 5.99. The Morgan fingerprint density at radius 1 is 1.16 bits per heavy atom. The molecule has 1 fully saturated rings. The number of hydrogen-bond acceptors (Lipinski definition) is 3. The van der Waals surface area contributed by atoms with Crippen molar-refractivity contribution in [1.82, 2.24) is 4.90 Å². The number of rotatable bonds is 2. The van der Waals surface area contributed by atoms with Crippen LogP contribution in [-0.4, -0.2) is 35.7 Å². The van der Waals surface area contributed by atoms with Gasteiger partial charge in [-0.3, -0.25) is 4.79 Å². The zero-order valence-corrected chi connectivity index (χ0v) is 14.2. The average Bonchev–Trinajstić information content (AvgIpc) is 3.18. The zero-order valence-electron chi connectivity index (χ0n) is 14.2. The maximum atomic E-state index is 13.1. The molecule has 0 radical (unpaired) electrons. The lowest BCUT2D eigenvalue weighted by atomic mass is 9.95. The minimum absolute atomic E-state index is 0.0256. The van der Waals surface area contributed by atoms with Gasteiger partial charge < -0.3 is 9.74 Å². The summed E-state index contributed by atoms with van der Waals surface area (Å²) in [6, 6.07) is 12.0. The van der Waals surface area contributed by atoms with Crippen LogP contribution in [-0.2, 0) is 4.84 Å². The van der Waals surface area contributed by atoms with Crippen molar-refractivity contribution in [2.75, 3.05) is 13.1 Å². The molecule has 0 N–H and O–H groups in total. The molecular formula is C20H19FN2O2. The van der Waals surface area contributed by atoms with Gasteiger partial charge in [0.05, 0.1) is 18.2 Å². The number of amides is 1. The highest BCUT2D eigenvalue weighted by Gasteiger charge is 2.44. The Morgan fingerprint density at radius 2 is 1.92 bits per heavy atom. The van der Waals surface area contributed by atoms with E-state index in [-0.39, 0.29) is 23.7 Å². The lowest BCUT2D eigenvalue weighted by molar-refractivity contribution is 0.0631. The summed E-state index contributed by atoms with van der Waals surface area (Å²) in [5, 5.41) is 4.17. The van der Waals surface area contributed by atoms with E-state index in [0.717, 1.165) is 28.0 Å². The van der Waals surface area contributed by atoms with Crippen molar-refractivity contribution in [2.24, 2.45) is 11.1 Å². The molecule has 25 heavy (non-hydrogen) atoms. The Kier molecular flexibility index (Phi) is 3.79. The lowest BCUT2D eigenvalue weighted by Crippen LogP contribution is -2.31. The second-order valence-corrected chi connectivity index (χ2v) is 6.69. The van der Waals surface area contributed by atoms with Crippen LogP contribution in [0, 0.1) is 25.6 Å². The molecule has 2 unspecified atom stereocenters. The minimum atomic E-state index is -0.280. The van der Waals surface area contributed by atoms with E-state index in [0.29, 0.717) is 13.1 Å². The van der Waals surface area contributed by atoms with E-state index in [1.165, 1.54) is 12.1 Å². The number of nitrogens with zero attached hydrogens (tertiary/aromatic N) is 2. The summed E-state index contributed by atoms with van der Waals surface area (Å²) < 4.78 is 13.1. The maximum absolute atomic E-state index is 13.1. The van der Waals surface area contributed by atoms with Crippen LogP contribution in [0.3, 0.4) is 0 Å². The molecule has 2 atom stereocenters. The van der Waals surface area contributed by atoms with Crippen molar-refractivity contribution < 1.29 is 14.0 Å². The van der Waals surface area contributed by atoms with E-state index < -0.39 is 0 Å². The molecule has 0 saturated carbocycles. The molecule has 1 amide bonds. The fraction of sp³-hybridized carbons (Fsp3) is 0.300. The van der Waals surface area contributed by atoms with Gasteiger partial charge in [0, 0.05) is 17.7 Å². The van der Waals surface area contributed by atoms with E-state index in [2.05, 4.69) is 5.16 Å². The number of benzene rings is 2. The van der Waals surface area contributed by atoms with E-state index in [9.17, 15) is 9.18 Å². The third-order valence-electron chi connectivity index (χ3n) is 5.17. The predicted molar refractivity (Wildman–Crippen MR) is 93.1 cm³/mol. The lowest BCUT2D eigenvalue weighted by Gasteiger charge is -2.18. The summed E-state index contributed by atoms with van der Waals surface area (Å²) >= 11 is 0. The number of oxime groups is 1. The van der Waals surface area contributed by atoms with Crippen LogP contribution in [0.25, 0.3) is 0 Å². The predicted octanol–water partition coefficient (Wildman–Crippen LogP) is 3.32. The number of carbonyl (C=O) groups is 1. The molecule has 2 aromatic rings. The Morgan fingerprint density at radius 3 is 2.68 bits per heavy atom. The van der Waals surface area contributed by atoms with Gasteiger partial charge in [-0.25, -0.2) is 4.39 Å². The van der Waals surface area contributed by atoms with E-state index in [1.807, 2.05) is 36.9 Å². The normalized spacial score (nSPS) is 21.7. The van der Waals surface area contributed by atoms with Crippen molar-refractivity contribution in [1.29, 1.82) is 0 Å². The third kappa shape index (κ3) is 2.69. The number of halogens is 1. The van der Waals surface area contributed by atoms with Crippen molar-refractivity contribution in [3.63, 3.8) is 0 Å². The molecule has 0 aliphatic carbocycles. The standard InChI is InChI=1S/C20H19FN2O2/c1-12-4-3-5-16(13(12)2)20(24)23-10-17-18(11-23)25-22-19(17)14-6-8-15(21)9-7-14/h3-9,17-18H,10-11H2,1-2H3. The monoisotopic (exact) mass is 338 g/mol. The first-order valence-electron chi connectivity index (χ1n) is 8.39. The topological polar surface area (TPSA) is 41.9 Å². The van der Waals surface area contributed by atoms with Crippen LogP contribution in [0.4, 0.5) is 4.39 Å². The van der Waals surface area contributed by atoms with E-state index in [4.69, 9.17) is 4.84 Å². The molecular weight excluding hydrogens is 319 g/mol. The molecule has 0 spiro atoms. The summed E-state index contributed by atoms with van der Waals surface area (Å²) in [6.45, 7) is 5.06. The summed E-state index contributed by atoms with van der Waals surface area (Å²) in [6.07, 6.45) is -0.130. The van der Waals surface area contributed by atoms with Crippen molar-refractivity contribution >= 4 is 11.6 Å². The van der Waals surface area contributed by atoms with Gasteiger partial charge in [-0.05, 0) is 43.2 Å². The molecule has 2 aliphatic heterocycles. The number of likely N-dealkylation sites (tertiary alicyclic amines) is 1. The first-order chi connectivity index (χ1) is 12.0. The van der Waals surface area contributed by atoms with Gasteiger partial charge in [0.1, 0.15) is 5.82 Å². The highest BCUT2D eigenvalue weighted by Crippen LogP contribution is 2.31. The largest absolute Gasteiger partial charge is 0.390 e. The van der Waals surface area contributed by atoms with Gasteiger partial charge >= 0.3 is 0 Å². The summed E-state index contributed by atoms with van der Waals surface area (Å²) in [5.74, 6) is -0.227. The molecule has 2 aliphatic rings. The molecule has 2 heterocycles. The van der Waals surface area contributed by atoms with Crippen LogP contribution in [0.5, 0.6) is 0 Å².